The third kappa shape index (κ3) is 2.09. The Labute approximate surface area is 108 Å². The van der Waals surface area contributed by atoms with Gasteiger partial charge in [0, 0.05) is 16.7 Å². The van der Waals surface area contributed by atoms with Crippen molar-refractivity contribution in [1.29, 1.82) is 0 Å². The standard InChI is InChI=1S/C13H10O4S/c1-7-11(16)8-4-2-3-5-9(8)12(17)13(7)18-6-10(14)15/h2-5H,6H2,1H3,(H,14,15). The maximum atomic E-state index is 12.2. The monoisotopic (exact) mass is 262 g/mol. The topological polar surface area (TPSA) is 71.4 Å². The summed E-state index contributed by atoms with van der Waals surface area (Å²) in [5.41, 5.74) is 1.06. The van der Waals surface area contributed by atoms with Gasteiger partial charge in [-0.3, -0.25) is 14.4 Å². The number of aliphatic carboxylic acids is 1. The van der Waals surface area contributed by atoms with Gasteiger partial charge in [0.15, 0.2) is 5.78 Å². The van der Waals surface area contributed by atoms with E-state index in [1.165, 1.54) is 0 Å². The van der Waals surface area contributed by atoms with E-state index < -0.39 is 5.97 Å². The molecule has 1 aliphatic rings. The number of allylic oxidation sites excluding steroid dienone is 2. The molecule has 0 heterocycles. The molecule has 0 aromatic heterocycles. The number of carboxylic acids is 1. The van der Waals surface area contributed by atoms with Gasteiger partial charge in [-0.05, 0) is 6.92 Å². The zero-order chi connectivity index (χ0) is 13.3. The third-order valence-electron chi connectivity index (χ3n) is 2.64. The summed E-state index contributed by atoms with van der Waals surface area (Å²) < 4.78 is 0. The summed E-state index contributed by atoms with van der Waals surface area (Å²) >= 11 is 0.899. The van der Waals surface area contributed by atoms with Crippen molar-refractivity contribution in [3.8, 4) is 0 Å². The van der Waals surface area contributed by atoms with Crippen LogP contribution in [0.5, 0.6) is 0 Å². The number of carbonyl (C=O) groups excluding carboxylic acids is 2. The van der Waals surface area contributed by atoms with E-state index >= 15 is 0 Å². The predicted molar refractivity (Wildman–Crippen MR) is 67.9 cm³/mol. The molecule has 4 nitrogen and oxygen atoms in total. The molecule has 0 fully saturated rings. The Balaban J connectivity index is 2.43. The third-order valence-corrected chi connectivity index (χ3v) is 3.82. The predicted octanol–water partition coefficient (Wildman–Crippen LogP) is 2.16. The highest BCUT2D eigenvalue weighted by atomic mass is 32.2. The first-order chi connectivity index (χ1) is 8.52. The van der Waals surface area contributed by atoms with E-state index in [-0.39, 0.29) is 22.2 Å². The Bertz CT molecular complexity index is 586. The van der Waals surface area contributed by atoms with Crippen LogP contribution >= 0.6 is 11.8 Å². The number of rotatable bonds is 3. The Hall–Kier alpha value is -1.88. The Morgan fingerprint density at radius 1 is 1.17 bits per heavy atom. The smallest absolute Gasteiger partial charge is 0.313 e. The number of hydrogen-bond donors (Lipinski definition) is 1. The van der Waals surface area contributed by atoms with Crippen molar-refractivity contribution in [1.82, 2.24) is 0 Å². The van der Waals surface area contributed by atoms with Crippen molar-refractivity contribution in [2.75, 3.05) is 5.75 Å². The van der Waals surface area contributed by atoms with Crippen molar-refractivity contribution in [2.45, 2.75) is 6.92 Å². The van der Waals surface area contributed by atoms with Crippen molar-refractivity contribution in [3.63, 3.8) is 0 Å². The Morgan fingerprint density at radius 2 is 1.72 bits per heavy atom. The number of hydrogen-bond acceptors (Lipinski definition) is 4. The molecule has 0 aliphatic heterocycles. The first-order valence-electron chi connectivity index (χ1n) is 5.26. The summed E-state index contributed by atoms with van der Waals surface area (Å²) in [5, 5.41) is 8.64. The molecule has 18 heavy (non-hydrogen) atoms. The molecule has 0 radical (unpaired) electrons. The van der Waals surface area contributed by atoms with Crippen LogP contribution in [0.2, 0.25) is 0 Å². The van der Waals surface area contributed by atoms with Gasteiger partial charge in [-0.2, -0.15) is 0 Å². The molecule has 1 aliphatic carbocycles. The van der Waals surface area contributed by atoms with Crippen LogP contribution in [0.3, 0.4) is 0 Å². The largest absolute Gasteiger partial charge is 0.481 e. The van der Waals surface area contributed by atoms with Gasteiger partial charge in [-0.25, -0.2) is 0 Å². The van der Waals surface area contributed by atoms with Crippen LogP contribution in [0, 0.1) is 0 Å². The van der Waals surface area contributed by atoms with E-state index in [1.54, 1.807) is 31.2 Å². The second kappa shape index (κ2) is 4.78. The summed E-state index contributed by atoms with van der Waals surface area (Å²) in [7, 11) is 0. The number of thioether (sulfide) groups is 1. The lowest BCUT2D eigenvalue weighted by molar-refractivity contribution is -0.133. The van der Waals surface area contributed by atoms with Gasteiger partial charge in [-0.1, -0.05) is 24.3 Å². The van der Waals surface area contributed by atoms with E-state index in [1.807, 2.05) is 0 Å². The van der Waals surface area contributed by atoms with Crippen LogP contribution in [-0.4, -0.2) is 28.4 Å². The molecule has 1 aromatic rings. The molecule has 0 amide bonds. The quantitative estimate of drug-likeness (QED) is 0.903. The van der Waals surface area contributed by atoms with Gasteiger partial charge in [-0.15, -0.1) is 11.8 Å². The van der Waals surface area contributed by atoms with Crippen LogP contribution < -0.4 is 0 Å². The first-order valence-corrected chi connectivity index (χ1v) is 6.25. The highest BCUT2D eigenvalue weighted by Gasteiger charge is 2.29. The zero-order valence-corrected chi connectivity index (χ0v) is 10.4. The summed E-state index contributed by atoms with van der Waals surface area (Å²) in [6, 6.07) is 6.58. The normalized spacial score (nSPS) is 14.7. The molecule has 1 aromatic carbocycles. The minimum absolute atomic E-state index is 0.210. The van der Waals surface area contributed by atoms with E-state index in [2.05, 4.69) is 0 Å². The second-order valence-corrected chi connectivity index (χ2v) is 4.83. The van der Waals surface area contributed by atoms with Gasteiger partial charge in [0.25, 0.3) is 0 Å². The number of benzene rings is 1. The minimum Gasteiger partial charge on any atom is -0.481 e. The Morgan fingerprint density at radius 3 is 2.28 bits per heavy atom. The maximum absolute atomic E-state index is 12.2. The van der Waals surface area contributed by atoms with E-state index in [9.17, 15) is 14.4 Å². The molecular weight excluding hydrogens is 252 g/mol. The van der Waals surface area contributed by atoms with E-state index in [0.29, 0.717) is 16.7 Å². The highest BCUT2D eigenvalue weighted by Crippen LogP contribution is 2.32. The number of ketones is 2. The molecule has 0 saturated carbocycles. The van der Waals surface area contributed by atoms with Crippen LogP contribution in [0.15, 0.2) is 34.7 Å². The van der Waals surface area contributed by atoms with Gasteiger partial charge < -0.3 is 5.11 Å². The SMILES string of the molecule is CC1=C(SCC(=O)O)C(=O)c2ccccc2C1=O. The average Bonchev–Trinajstić information content (AvgIpc) is 2.36. The average molecular weight is 262 g/mol. The molecule has 0 atom stereocenters. The summed E-state index contributed by atoms with van der Waals surface area (Å²) in [6.07, 6.45) is 0. The molecule has 0 bridgehead atoms. The molecular formula is C13H10O4S. The number of Topliss-reactive ketones (excluding diaryl/α,β-unsaturated/α-hetero) is 2. The molecule has 0 saturated heterocycles. The highest BCUT2D eigenvalue weighted by molar-refractivity contribution is 8.04. The first kappa shape index (κ1) is 12.6. The van der Waals surface area contributed by atoms with Crippen LogP contribution in [0.25, 0.3) is 0 Å². The van der Waals surface area contributed by atoms with Gasteiger partial charge in [0.05, 0.1) is 10.7 Å². The number of fused-ring (bicyclic) bond motifs is 1. The summed E-state index contributed by atoms with van der Waals surface area (Å²) in [5.74, 6) is -1.72. The number of carbonyl (C=O) groups is 3. The van der Waals surface area contributed by atoms with Crippen molar-refractivity contribution >= 4 is 29.3 Å². The lowest BCUT2D eigenvalue weighted by Crippen LogP contribution is -2.20. The molecule has 1 N–H and O–H groups in total. The summed E-state index contributed by atoms with van der Waals surface area (Å²) in [6.45, 7) is 1.56. The van der Waals surface area contributed by atoms with Gasteiger partial charge >= 0.3 is 5.97 Å². The fourth-order valence-corrected chi connectivity index (χ4v) is 2.60. The van der Waals surface area contributed by atoms with Crippen molar-refractivity contribution < 1.29 is 19.5 Å². The number of carboxylic acid groups (broad SMARTS) is 1. The molecule has 0 spiro atoms. The Kier molecular flexibility index (Phi) is 3.34. The van der Waals surface area contributed by atoms with Crippen LogP contribution in [-0.2, 0) is 4.79 Å². The van der Waals surface area contributed by atoms with Gasteiger partial charge in [0.2, 0.25) is 5.78 Å². The lowest BCUT2D eigenvalue weighted by Gasteiger charge is -2.17. The van der Waals surface area contributed by atoms with Crippen molar-refractivity contribution in [3.05, 3.63) is 45.9 Å². The van der Waals surface area contributed by atoms with E-state index in [0.717, 1.165) is 11.8 Å². The maximum Gasteiger partial charge on any atom is 0.313 e. The molecule has 0 unspecified atom stereocenters. The summed E-state index contributed by atoms with van der Waals surface area (Å²) in [4.78, 5) is 35.0. The van der Waals surface area contributed by atoms with Crippen LogP contribution in [0.4, 0.5) is 0 Å². The second-order valence-electron chi connectivity index (χ2n) is 3.84. The zero-order valence-electron chi connectivity index (χ0n) is 9.60. The van der Waals surface area contributed by atoms with Crippen LogP contribution in [0.1, 0.15) is 27.6 Å². The van der Waals surface area contributed by atoms with Crippen molar-refractivity contribution in [2.24, 2.45) is 0 Å². The fourth-order valence-electron chi connectivity index (χ4n) is 1.78. The molecule has 2 rings (SSSR count). The van der Waals surface area contributed by atoms with E-state index in [4.69, 9.17) is 5.11 Å². The van der Waals surface area contributed by atoms with Gasteiger partial charge in [0.1, 0.15) is 0 Å². The fraction of sp³-hybridized carbons (Fsp3) is 0.154. The molecule has 5 heteroatoms. The molecule has 92 valence electrons. The lowest BCUT2D eigenvalue weighted by atomic mass is 9.90. The minimum atomic E-state index is -1.01.